The van der Waals surface area contributed by atoms with Crippen LogP contribution in [-0.4, -0.2) is 75.6 Å². The third-order valence-corrected chi connectivity index (χ3v) is 9.04. The number of carboxylic acids is 1. The fraction of sp³-hybridized carbons (Fsp3) is 0.364. The number of aryl methyl sites for hydroxylation is 1. The zero-order valence-electron chi connectivity index (χ0n) is 26.3. The molecule has 1 amide bonds. The van der Waals surface area contributed by atoms with Gasteiger partial charge in [-0.05, 0) is 67.0 Å². The van der Waals surface area contributed by atoms with Crippen molar-refractivity contribution in [1.82, 2.24) is 30.4 Å². The first kappa shape index (κ1) is 32.7. The zero-order chi connectivity index (χ0) is 34.2. The normalized spacial score (nSPS) is 18.1. The molecule has 0 radical (unpaired) electrons. The van der Waals surface area contributed by atoms with Crippen molar-refractivity contribution in [1.29, 1.82) is 0 Å². The van der Waals surface area contributed by atoms with Gasteiger partial charge >= 0.3 is 12.1 Å². The van der Waals surface area contributed by atoms with Crippen molar-refractivity contribution >= 4 is 23.6 Å². The standard InChI is InChI=1S/C33H35F3N8O4/c1-19-9-12-44(42-19)25-15-22(20-3-5-21(6-4-20)29(45)38-2)7-8-23(25)28(33(34,35)36)48-27-16-26(40-31(37)41-27)43-13-10-32(11-14-43)17-24(30(46)47)39-18-32/h3-9,12,15-16,24,28,39H,10-11,13-14,17-18H2,1-2H3,(H,38,45)(H,46,47)(H2,37,40,41)/t24-,28+/m0/s1. The number of ether oxygens (including phenoxy) is 1. The van der Waals surface area contributed by atoms with Crippen LogP contribution < -0.4 is 26.0 Å². The second-order valence-electron chi connectivity index (χ2n) is 12.3. The number of carbonyl (C=O) groups is 2. The summed E-state index contributed by atoms with van der Waals surface area (Å²) in [6.07, 6.45) is -3.84. The number of nitrogen functional groups attached to an aromatic ring is 1. The van der Waals surface area contributed by atoms with Crippen LogP contribution in [0.5, 0.6) is 5.88 Å². The van der Waals surface area contributed by atoms with Crippen molar-refractivity contribution in [3.63, 3.8) is 0 Å². The Morgan fingerprint density at radius 2 is 1.79 bits per heavy atom. The lowest BCUT2D eigenvalue weighted by atomic mass is 9.76. The summed E-state index contributed by atoms with van der Waals surface area (Å²) >= 11 is 0. The Bertz CT molecular complexity index is 1820. The maximum absolute atomic E-state index is 14.9. The maximum Gasteiger partial charge on any atom is 0.429 e. The van der Waals surface area contributed by atoms with Crippen molar-refractivity contribution in [3.8, 4) is 22.7 Å². The van der Waals surface area contributed by atoms with E-state index in [9.17, 15) is 27.9 Å². The Morgan fingerprint density at radius 1 is 1.08 bits per heavy atom. The number of piperidine rings is 1. The number of halogens is 3. The molecule has 4 heterocycles. The fourth-order valence-electron chi connectivity index (χ4n) is 6.41. The maximum atomic E-state index is 14.9. The molecule has 2 fully saturated rings. The molecule has 2 aromatic carbocycles. The number of carboxylic acid groups (broad SMARTS) is 1. The van der Waals surface area contributed by atoms with E-state index >= 15 is 0 Å². The average Bonchev–Trinajstić information content (AvgIpc) is 3.69. The Labute approximate surface area is 274 Å². The molecule has 15 heteroatoms. The van der Waals surface area contributed by atoms with E-state index < -0.39 is 24.3 Å². The molecule has 2 aliphatic heterocycles. The molecular formula is C33H35F3N8O4. The first-order valence-electron chi connectivity index (χ1n) is 15.4. The van der Waals surface area contributed by atoms with Gasteiger partial charge < -0.3 is 31.1 Å². The molecule has 2 aromatic heterocycles. The SMILES string of the molecule is CNC(=O)c1ccc(-c2ccc([C@@H](Oc3cc(N4CCC5(CC4)CN[C@H](C(=O)O)C5)nc(N)n3)C(F)(F)F)c(-n3ccc(C)n3)c2)cc1. The summed E-state index contributed by atoms with van der Waals surface area (Å²) in [5.41, 5.74) is 8.10. The molecule has 2 saturated heterocycles. The lowest BCUT2D eigenvalue weighted by Gasteiger charge is -2.39. The van der Waals surface area contributed by atoms with Crippen molar-refractivity contribution in [2.75, 3.05) is 37.3 Å². The molecule has 2 atom stereocenters. The topological polar surface area (TPSA) is 161 Å². The molecule has 48 heavy (non-hydrogen) atoms. The highest BCUT2D eigenvalue weighted by atomic mass is 19.4. The van der Waals surface area contributed by atoms with Crippen LogP contribution in [0.4, 0.5) is 24.9 Å². The Morgan fingerprint density at radius 3 is 2.40 bits per heavy atom. The van der Waals surface area contributed by atoms with Crippen LogP contribution in [-0.2, 0) is 4.79 Å². The van der Waals surface area contributed by atoms with E-state index in [2.05, 4.69) is 25.7 Å². The number of anilines is 2. The minimum atomic E-state index is -4.86. The highest BCUT2D eigenvalue weighted by Crippen LogP contribution is 2.42. The summed E-state index contributed by atoms with van der Waals surface area (Å²) in [7, 11) is 1.53. The third kappa shape index (κ3) is 6.76. The quantitative estimate of drug-likeness (QED) is 0.214. The van der Waals surface area contributed by atoms with E-state index in [0.29, 0.717) is 67.1 Å². The molecule has 0 saturated carbocycles. The lowest BCUT2D eigenvalue weighted by molar-refractivity contribution is -0.198. The molecule has 0 bridgehead atoms. The Hall–Kier alpha value is -5.18. The summed E-state index contributed by atoms with van der Waals surface area (Å²) in [5, 5.41) is 19.4. The molecule has 0 aliphatic carbocycles. The molecule has 5 N–H and O–H groups in total. The van der Waals surface area contributed by atoms with Crippen molar-refractivity contribution < 1.29 is 32.6 Å². The number of alkyl halides is 3. The minimum Gasteiger partial charge on any atom is -0.480 e. The smallest absolute Gasteiger partial charge is 0.429 e. The van der Waals surface area contributed by atoms with Crippen molar-refractivity contribution in [3.05, 3.63) is 77.6 Å². The van der Waals surface area contributed by atoms with Crippen LogP contribution in [0.15, 0.2) is 60.8 Å². The number of aliphatic carboxylic acids is 1. The number of benzene rings is 2. The highest BCUT2D eigenvalue weighted by molar-refractivity contribution is 5.94. The fourth-order valence-corrected chi connectivity index (χ4v) is 6.41. The summed E-state index contributed by atoms with van der Waals surface area (Å²) in [4.78, 5) is 33.6. The van der Waals surface area contributed by atoms with Gasteiger partial charge in [-0.15, -0.1) is 0 Å². The van der Waals surface area contributed by atoms with Gasteiger partial charge in [-0.25, -0.2) is 4.68 Å². The monoisotopic (exact) mass is 664 g/mol. The van der Waals surface area contributed by atoms with Gasteiger partial charge in [-0.2, -0.15) is 28.2 Å². The number of amides is 1. The first-order chi connectivity index (χ1) is 22.8. The van der Waals surface area contributed by atoms with Crippen LogP contribution in [0.3, 0.4) is 0 Å². The highest BCUT2D eigenvalue weighted by Gasteiger charge is 2.46. The number of nitrogens with one attached hydrogen (secondary N) is 2. The van der Waals surface area contributed by atoms with Crippen LogP contribution in [0.25, 0.3) is 16.8 Å². The zero-order valence-corrected chi connectivity index (χ0v) is 26.3. The summed E-state index contributed by atoms with van der Waals surface area (Å²) in [6, 6.07) is 13.6. The van der Waals surface area contributed by atoms with Gasteiger partial charge in [0.15, 0.2) is 0 Å². The minimum absolute atomic E-state index is 0.145. The second kappa shape index (κ2) is 12.8. The van der Waals surface area contributed by atoms with Gasteiger partial charge in [0.2, 0.25) is 17.9 Å². The van der Waals surface area contributed by atoms with Crippen LogP contribution in [0, 0.1) is 12.3 Å². The van der Waals surface area contributed by atoms with Crippen molar-refractivity contribution in [2.24, 2.45) is 5.41 Å². The van der Waals surface area contributed by atoms with Crippen molar-refractivity contribution in [2.45, 2.75) is 44.5 Å². The number of rotatable bonds is 8. The summed E-state index contributed by atoms with van der Waals surface area (Å²) in [5.74, 6) is -1.39. The van der Waals surface area contributed by atoms with Gasteiger partial charge in [-0.1, -0.05) is 24.3 Å². The van der Waals surface area contributed by atoms with Crippen LogP contribution >= 0.6 is 0 Å². The average molecular weight is 665 g/mol. The second-order valence-corrected chi connectivity index (χ2v) is 12.3. The third-order valence-electron chi connectivity index (χ3n) is 9.04. The Kier molecular flexibility index (Phi) is 8.72. The largest absolute Gasteiger partial charge is 0.480 e. The molecule has 1 spiro atoms. The first-order valence-corrected chi connectivity index (χ1v) is 15.4. The Balaban J connectivity index is 1.30. The molecule has 2 aliphatic rings. The van der Waals surface area contributed by atoms with E-state index in [1.165, 1.54) is 23.9 Å². The van der Waals surface area contributed by atoms with Gasteiger partial charge in [0.25, 0.3) is 5.91 Å². The van der Waals surface area contributed by atoms with Gasteiger partial charge in [0.1, 0.15) is 11.9 Å². The van der Waals surface area contributed by atoms with Crippen LogP contribution in [0.2, 0.25) is 0 Å². The molecule has 4 aromatic rings. The van der Waals surface area contributed by atoms with E-state index in [4.69, 9.17) is 10.5 Å². The predicted molar refractivity (Wildman–Crippen MR) is 171 cm³/mol. The van der Waals surface area contributed by atoms with Crippen LogP contribution in [0.1, 0.15) is 47.0 Å². The molecule has 0 unspecified atom stereocenters. The van der Waals surface area contributed by atoms with Gasteiger partial charge in [0, 0.05) is 50.1 Å². The van der Waals surface area contributed by atoms with E-state index in [1.54, 1.807) is 55.6 Å². The number of aromatic nitrogens is 4. The van der Waals surface area contributed by atoms with Gasteiger partial charge in [-0.3, -0.25) is 9.59 Å². The predicted octanol–water partition coefficient (Wildman–Crippen LogP) is 4.30. The van der Waals surface area contributed by atoms with E-state index in [-0.39, 0.29) is 34.4 Å². The number of hydrogen-bond acceptors (Lipinski definition) is 9. The number of nitrogens with two attached hydrogens (primary N) is 1. The van der Waals surface area contributed by atoms with Gasteiger partial charge in [0.05, 0.1) is 11.4 Å². The number of carbonyl (C=O) groups excluding carboxylic acids is 1. The number of hydrogen-bond donors (Lipinski definition) is 4. The molecule has 6 rings (SSSR count). The molecule has 252 valence electrons. The lowest BCUT2D eigenvalue weighted by Crippen LogP contribution is -2.41. The summed E-state index contributed by atoms with van der Waals surface area (Å²) < 4.78 is 51.6. The summed E-state index contributed by atoms with van der Waals surface area (Å²) in [6.45, 7) is 3.35. The van der Waals surface area contributed by atoms with E-state index in [0.717, 1.165) is 0 Å². The van der Waals surface area contributed by atoms with E-state index in [1.807, 2.05) is 4.90 Å². The molecule has 12 nitrogen and oxygen atoms in total. The molecular weight excluding hydrogens is 629 g/mol. The number of nitrogens with zero attached hydrogens (tertiary/aromatic N) is 5.